The molecule has 0 radical (unpaired) electrons. The largest absolute Gasteiger partial charge is 0.294 e. The summed E-state index contributed by atoms with van der Waals surface area (Å²) in [5, 5.41) is 7.32. The zero-order valence-corrected chi connectivity index (χ0v) is 19.5. The predicted octanol–water partition coefficient (Wildman–Crippen LogP) is 6.74. The number of nitrogens with zero attached hydrogens (tertiary/aromatic N) is 1. The summed E-state index contributed by atoms with van der Waals surface area (Å²) in [6.45, 7) is 10.9. The SMILES string of the molecule is C=NC(NC(NCc1cccc(C2=CCCC(C)=C2)c1)C(/C=C\C)=C/C)c1ccccc1. The van der Waals surface area contributed by atoms with Gasteiger partial charge in [0, 0.05) is 6.54 Å². The van der Waals surface area contributed by atoms with Gasteiger partial charge < -0.3 is 0 Å². The topological polar surface area (TPSA) is 36.4 Å². The maximum atomic E-state index is 4.35. The first-order valence-electron chi connectivity index (χ1n) is 11.4. The predicted molar refractivity (Wildman–Crippen MR) is 138 cm³/mol. The van der Waals surface area contributed by atoms with Gasteiger partial charge in [-0.1, -0.05) is 84.5 Å². The molecular formula is C29H35N3. The van der Waals surface area contributed by atoms with E-state index in [0.717, 1.165) is 24.9 Å². The fourth-order valence-electron chi connectivity index (χ4n) is 4.01. The Morgan fingerprint density at radius 1 is 1.12 bits per heavy atom. The fourth-order valence-corrected chi connectivity index (χ4v) is 4.01. The van der Waals surface area contributed by atoms with Crippen molar-refractivity contribution >= 4 is 12.3 Å². The molecule has 0 saturated heterocycles. The molecule has 32 heavy (non-hydrogen) atoms. The molecule has 2 N–H and O–H groups in total. The molecule has 166 valence electrons. The average Bonchev–Trinajstić information content (AvgIpc) is 2.84. The van der Waals surface area contributed by atoms with Gasteiger partial charge in [-0.3, -0.25) is 15.6 Å². The molecule has 0 heterocycles. The van der Waals surface area contributed by atoms with Crippen LogP contribution in [-0.4, -0.2) is 12.9 Å². The Balaban J connectivity index is 1.78. The quantitative estimate of drug-likeness (QED) is 0.251. The van der Waals surface area contributed by atoms with E-state index in [-0.39, 0.29) is 12.3 Å². The summed E-state index contributed by atoms with van der Waals surface area (Å²) < 4.78 is 0. The summed E-state index contributed by atoms with van der Waals surface area (Å²) in [6.07, 6.45) is 13.0. The molecule has 0 fully saturated rings. The molecule has 0 bridgehead atoms. The molecule has 1 aliphatic carbocycles. The monoisotopic (exact) mass is 425 g/mol. The molecule has 3 heteroatoms. The molecule has 2 atom stereocenters. The maximum Gasteiger partial charge on any atom is 0.126 e. The Labute approximate surface area is 193 Å². The van der Waals surface area contributed by atoms with E-state index >= 15 is 0 Å². The fraction of sp³-hybridized carbons (Fsp3) is 0.276. The lowest BCUT2D eigenvalue weighted by Gasteiger charge is -2.26. The molecule has 0 aromatic heterocycles. The molecule has 3 nitrogen and oxygen atoms in total. The second-order valence-electron chi connectivity index (χ2n) is 8.15. The molecule has 3 rings (SSSR count). The van der Waals surface area contributed by atoms with Crippen molar-refractivity contribution in [2.45, 2.75) is 52.5 Å². The van der Waals surface area contributed by atoms with Gasteiger partial charge in [0.15, 0.2) is 0 Å². The third-order valence-electron chi connectivity index (χ3n) is 5.72. The number of hydrogen-bond acceptors (Lipinski definition) is 3. The van der Waals surface area contributed by atoms with Crippen molar-refractivity contribution in [2.24, 2.45) is 4.99 Å². The van der Waals surface area contributed by atoms with Crippen LogP contribution < -0.4 is 10.6 Å². The minimum Gasteiger partial charge on any atom is -0.294 e. The lowest BCUT2D eigenvalue weighted by Crippen LogP contribution is -2.44. The highest BCUT2D eigenvalue weighted by molar-refractivity contribution is 5.75. The van der Waals surface area contributed by atoms with Gasteiger partial charge in [0.1, 0.15) is 6.17 Å². The van der Waals surface area contributed by atoms with Crippen molar-refractivity contribution in [2.75, 3.05) is 0 Å². The summed E-state index contributed by atoms with van der Waals surface area (Å²) in [7, 11) is 0. The van der Waals surface area contributed by atoms with Crippen LogP contribution in [0.4, 0.5) is 0 Å². The molecule has 0 aliphatic heterocycles. The van der Waals surface area contributed by atoms with Crippen LogP contribution in [0.15, 0.2) is 101 Å². The van der Waals surface area contributed by atoms with Gasteiger partial charge >= 0.3 is 0 Å². The molecule has 2 unspecified atom stereocenters. The van der Waals surface area contributed by atoms with E-state index in [0.29, 0.717) is 0 Å². The Kier molecular flexibility index (Phi) is 8.97. The van der Waals surface area contributed by atoms with Crippen LogP contribution in [0.5, 0.6) is 0 Å². The van der Waals surface area contributed by atoms with Crippen LogP contribution in [0.1, 0.15) is 56.5 Å². The Morgan fingerprint density at radius 3 is 2.62 bits per heavy atom. The van der Waals surface area contributed by atoms with Gasteiger partial charge in [-0.25, -0.2) is 0 Å². The number of benzene rings is 2. The summed E-state index contributed by atoms with van der Waals surface area (Å²) in [6, 6.07) is 19.0. The van der Waals surface area contributed by atoms with E-state index in [1.54, 1.807) is 0 Å². The minimum atomic E-state index is -0.194. The normalized spacial score (nSPS) is 16.4. The van der Waals surface area contributed by atoms with Gasteiger partial charge in [0.2, 0.25) is 0 Å². The molecule has 0 saturated carbocycles. The summed E-state index contributed by atoms with van der Waals surface area (Å²) in [5.41, 5.74) is 7.57. The third-order valence-corrected chi connectivity index (χ3v) is 5.72. The first kappa shape index (κ1) is 23.6. The highest BCUT2D eigenvalue weighted by Gasteiger charge is 2.17. The number of rotatable bonds is 10. The van der Waals surface area contributed by atoms with Crippen LogP contribution in [0, 0.1) is 0 Å². The Bertz CT molecular complexity index is 1010. The number of hydrogen-bond donors (Lipinski definition) is 2. The summed E-state index contributed by atoms with van der Waals surface area (Å²) in [5.74, 6) is 0. The highest BCUT2D eigenvalue weighted by atomic mass is 15.2. The second-order valence-corrected chi connectivity index (χ2v) is 8.15. The smallest absolute Gasteiger partial charge is 0.126 e. The molecule has 2 aromatic rings. The first-order chi connectivity index (χ1) is 15.6. The lowest BCUT2D eigenvalue weighted by molar-refractivity contribution is 0.423. The third kappa shape index (κ3) is 6.49. The van der Waals surface area contributed by atoms with E-state index in [4.69, 9.17) is 0 Å². The highest BCUT2D eigenvalue weighted by Crippen LogP contribution is 2.25. The van der Waals surface area contributed by atoms with Gasteiger partial charge in [-0.2, -0.15) is 0 Å². The van der Waals surface area contributed by atoms with Crippen molar-refractivity contribution < 1.29 is 0 Å². The maximum absolute atomic E-state index is 4.35. The number of nitrogens with one attached hydrogen (secondary N) is 2. The molecule has 0 spiro atoms. The van der Waals surface area contributed by atoms with E-state index < -0.39 is 0 Å². The lowest BCUT2D eigenvalue weighted by atomic mass is 9.94. The van der Waals surface area contributed by atoms with Crippen molar-refractivity contribution in [1.29, 1.82) is 0 Å². The summed E-state index contributed by atoms with van der Waals surface area (Å²) in [4.78, 5) is 4.35. The van der Waals surface area contributed by atoms with Crippen LogP contribution in [-0.2, 0) is 6.54 Å². The van der Waals surface area contributed by atoms with Crippen LogP contribution in [0.25, 0.3) is 5.57 Å². The van der Waals surface area contributed by atoms with Crippen LogP contribution in [0.2, 0.25) is 0 Å². The second kappa shape index (κ2) is 12.1. The van der Waals surface area contributed by atoms with Crippen molar-refractivity contribution in [3.8, 4) is 0 Å². The minimum absolute atomic E-state index is 0.0633. The zero-order valence-electron chi connectivity index (χ0n) is 19.5. The molecular weight excluding hydrogens is 390 g/mol. The van der Waals surface area contributed by atoms with Crippen LogP contribution >= 0.6 is 0 Å². The van der Waals surface area contributed by atoms with Crippen molar-refractivity contribution in [1.82, 2.24) is 10.6 Å². The van der Waals surface area contributed by atoms with Gasteiger partial charge in [-0.15, -0.1) is 0 Å². The summed E-state index contributed by atoms with van der Waals surface area (Å²) >= 11 is 0. The Hall–Kier alpha value is -3.01. The standard InChI is InChI=1S/C29H35N3/c1-5-12-24(6-2)29(32-28(30-4)25-15-8-7-9-16-25)31-21-23-14-11-18-27(20-23)26-17-10-13-22(3)19-26/h5-9,11-12,14-20,28-29,31-32H,4,10,13,21H2,1-3H3/b12-5-,24-6+. The van der Waals surface area contributed by atoms with E-state index in [2.05, 4.69) is 103 Å². The zero-order chi connectivity index (χ0) is 22.8. The Morgan fingerprint density at radius 2 is 1.94 bits per heavy atom. The first-order valence-corrected chi connectivity index (χ1v) is 11.4. The van der Waals surface area contributed by atoms with Gasteiger partial charge in [-0.05, 0) is 74.2 Å². The molecule has 1 aliphatic rings. The van der Waals surface area contributed by atoms with Gasteiger partial charge in [0.25, 0.3) is 0 Å². The average molecular weight is 426 g/mol. The van der Waals surface area contributed by atoms with Crippen molar-refractivity contribution in [3.63, 3.8) is 0 Å². The van der Waals surface area contributed by atoms with E-state index in [9.17, 15) is 0 Å². The van der Waals surface area contributed by atoms with Crippen LogP contribution in [0.3, 0.4) is 0 Å². The van der Waals surface area contributed by atoms with Crippen molar-refractivity contribution in [3.05, 3.63) is 113 Å². The molecule has 0 amide bonds. The van der Waals surface area contributed by atoms with E-state index in [1.165, 1.54) is 27.8 Å². The number of aliphatic imine (C=N–C) groups is 1. The molecule has 2 aromatic carbocycles. The van der Waals surface area contributed by atoms with E-state index in [1.807, 2.05) is 25.1 Å². The van der Waals surface area contributed by atoms with Gasteiger partial charge in [0.05, 0.1) is 6.17 Å². The number of allylic oxidation sites excluding steroid dienone is 6.